The van der Waals surface area contributed by atoms with E-state index in [4.69, 9.17) is 16.3 Å². The standard InChI is InChI=1S/C24H22ClFN4OS/c25-20-13-16(3-8-21(20)26)19-15-32-22-14-27-24(29-23(19)22)28-17-4-6-18(7-5-17)31-12-11-30-9-1-2-10-30/h3-8,13-15H,1-2,9-12H2,(H,27,28,29). The minimum atomic E-state index is -0.435. The fourth-order valence-electron chi connectivity index (χ4n) is 3.82. The van der Waals surface area contributed by atoms with Gasteiger partial charge in [-0.05, 0) is 67.9 Å². The number of halogens is 2. The second-order valence-electron chi connectivity index (χ2n) is 7.73. The summed E-state index contributed by atoms with van der Waals surface area (Å²) in [6.07, 6.45) is 4.37. The maximum atomic E-state index is 13.6. The van der Waals surface area contributed by atoms with Gasteiger partial charge in [-0.25, -0.2) is 14.4 Å². The number of thiophene rings is 1. The van der Waals surface area contributed by atoms with E-state index in [2.05, 4.69) is 20.2 Å². The van der Waals surface area contributed by atoms with Crippen LogP contribution in [-0.4, -0.2) is 41.1 Å². The van der Waals surface area contributed by atoms with Gasteiger partial charge in [-0.2, -0.15) is 0 Å². The largest absolute Gasteiger partial charge is 0.492 e. The smallest absolute Gasteiger partial charge is 0.227 e. The summed E-state index contributed by atoms with van der Waals surface area (Å²) < 4.78 is 20.4. The Kier molecular flexibility index (Phi) is 6.21. The number of benzene rings is 2. The minimum absolute atomic E-state index is 0.0944. The number of hydrogen-bond donors (Lipinski definition) is 1. The van der Waals surface area contributed by atoms with E-state index >= 15 is 0 Å². The zero-order valence-corrected chi connectivity index (χ0v) is 18.9. The second kappa shape index (κ2) is 9.40. The van der Waals surface area contributed by atoms with Crippen molar-refractivity contribution < 1.29 is 9.13 Å². The van der Waals surface area contributed by atoms with Crippen LogP contribution in [0.4, 0.5) is 16.0 Å². The van der Waals surface area contributed by atoms with Crippen LogP contribution in [0.1, 0.15) is 12.8 Å². The molecule has 1 aliphatic heterocycles. The molecule has 0 aliphatic carbocycles. The first-order valence-electron chi connectivity index (χ1n) is 10.6. The van der Waals surface area contributed by atoms with Gasteiger partial charge >= 0.3 is 0 Å². The molecule has 0 atom stereocenters. The third kappa shape index (κ3) is 4.70. The van der Waals surface area contributed by atoms with Crippen molar-refractivity contribution in [3.8, 4) is 16.9 Å². The Morgan fingerprint density at radius 2 is 1.94 bits per heavy atom. The Balaban J connectivity index is 1.28. The van der Waals surface area contributed by atoms with Crippen LogP contribution in [0.15, 0.2) is 54.0 Å². The first-order chi connectivity index (χ1) is 15.7. The van der Waals surface area contributed by atoms with Crippen LogP contribution in [-0.2, 0) is 0 Å². The molecule has 4 aromatic rings. The van der Waals surface area contributed by atoms with Gasteiger partial charge in [0.05, 0.1) is 21.4 Å². The number of aromatic nitrogens is 2. The molecule has 8 heteroatoms. The van der Waals surface area contributed by atoms with E-state index in [1.807, 2.05) is 29.6 Å². The molecule has 1 saturated heterocycles. The lowest BCUT2D eigenvalue weighted by Crippen LogP contribution is -2.25. The molecule has 0 radical (unpaired) electrons. The van der Waals surface area contributed by atoms with Crippen LogP contribution in [0.25, 0.3) is 21.3 Å². The average Bonchev–Trinajstić information content (AvgIpc) is 3.47. The summed E-state index contributed by atoms with van der Waals surface area (Å²) in [4.78, 5) is 11.5. The highest BCUT2D eigenvalue weighted by atomic mass is 35.5. The van der Waals surface area contributed by atoms with Crippen molar-refractivity contribution >= 4 is 44.8 Å². The summed E-state index contributed by atoms with van der Waals surface area (Å²) >= 11 is 7.51. The molecule has 3 heterocycles. The summed E-state index contributed by atoms with van der Waals surface area (Å²) in [5.41, 5.74) is 3.40. The molecule has 1 aliphatic rings. The highest BCUT2D eigenvalue weighted by molar-refractivity contribution is 7.17. The number of nitrogens with one attached hydrogen (secondary N) is 1. The zero-order valence-electron chi connectivity index (χ0n) is 17.4. The summed E-state index contributed by atoms with van der Waals surface area (Å²) in [5, 5.41) is 5.33. The molecule has 0 bridgehead atoms. The highest BCUT2D eigenvalue weighted by Gasteiger charge is 2.13. The van der Waals surface area contributed by atoms with Crippen LogP contribution in [0.2, 0.25) is 5.02 Å². The van der Waals surface area contributed by atoms with Gasteiger partial charge in [-0.1, -0.05) is 17.7 Å². The van der Waals surface area contributed by atoms with Crippen LogP contribution in [0, 0.1) is 5.82 Å². The van der Waals surface area contributed by atoms with Gasteiger partial charge in [0.15, 0.2) is 0 Å². The van der Waals surface area contributed by atoms with Crippen molar-refractivity contribution in [1.29, 1.82) is 0 Å². The normalized spacial score (nSPS) is 14.2. The maximum absolute atomic E-state index is 13.6. The molecule has 0 saturated carbocycles. The quantitative estimate of drug-likeness (QED) is 0.341. The molecule has 32 heavy (non-hydrogen) atoms. The Bertz CT molecular complexity index is 1220. The predicted octanol–water partition coefficient (Wildman–Crippen LogP) is 6.37. The van der Waals surface area contributed by atoms with Gasteiger partial charge in [-0.15, -0.1) is 11.3 Å². The number of hydrogen-bond acceptors (Lipinski definition) is 6. The fraction of sp³-hybridized carbons (Fsp3) is 0.250. The van der Waals surface area contributed by atoms with Gasteiger partial charge < -0.3 is 10.1 Å². The van der Waals surface area contributed by atoms with Gasteiger partial charge in [0.2, 0.25) is 5.95 Å². The summed E-state index contributed by atoms with van der Waals surface area (Å²) in [6, 6.07) is 12.5. The Morgan fingerprint density at radius 1 is 1.12 bits per heavy atom. The summed E-state index contributed by atoms with van der Waals surface area (Å²) in [7, 11) is 0. The third-order valence-electron chi connectivity index (χ3n) is 5.53. The van der Waals surface area contributed by atoms with E-state index in [0.717, 1.165) is 39.3 Å². The van der Waals surface area contributed by atoms with Gasteiger partial charge in [-0.3, -0.25) is 4.90 Å². The van der Waals surface area contributed by atoms with E-state index < -0.39 is 5.82 Å². The topological polar surface area (TPSA) is 50.3 Å². The van der Waals surface area contributed by atoms with E-state index in [0.29, 0.717) is 12.6 Å². The van der Waals surface area contributed by atoms with Crippen LogP contribution in [0.5, 0.6) is 5.75 Å². The first-order valence-corrected chi connectivity index (χ1v) is 11.8. The monoisotopic (exact) mass is 468 g/mol. The number of fused-ring (bicyclic) bond motifs is 1. The molecule has 5 rings (SSSR count). The van der Waals surface area contributed by atoms with E-state index in [-0.39, 0.29) is 5.02 Å². The Labute approximate surface area is 194 Å². The molecule has 2 aromatic heterocycles. The number of rotatable bonds is 7. The SMILES string of the molecule is Fc1ccc(-c2csc3cnc(Nc4ccc(OCCN5CCCC5)cc4)nc23)cc1Cl. The zero-order chi connectivity index (χ0) is 21.9. The van der Waals surface area contributed by atoms with Crippen molar-refractivity contribution in [2.24, 2.45) is 0 Å². The maximum Gasteiger partial charge on any atom is 0.227 e. The number of anilines is 2. The fourth-order valence-corrected chi connectivity index (χ4v) is 4.87. The van der Waals surface area contributed by atoms with E-state index in [1.165, 1.54) is 32.0 Å². The van der Waals surface area contributed by atoms with E-state index in [1.54, 1.807) is 29.7 Å². The predicted molar refractivity (Wildman–Crippen MR) is 129 cm³/mol. The van der Waals surface area contributed by atoms with Gasteiger partial charge in [0.1, 0.15) is 18.2 Å². The Hall–Kier alpha value is -2.74. The average molecular weight is 469 g/mol. The van der Waals surface area contributed by atoms with Crippen LogP contribution in [0.3, 0.4) is 0 Å². The van der Waals surface area contributed by atoms with Gasteiger partial charge in [0, 0.05) is 23.2 Å². The second-order valence-corrected chi connectivity index (χ2v) is 9.05. The summed E-state index contributed by atoms with van der Waals surface area (Å²) in [5.74, 6) is 0.905. The van der Waals surface area contributed by atoms with Gasteiger partial charge in [0.25, 0.3) is 0 Å². The van der Waals surface area contributed by atoms with Crippen LogP contribution >= 0.6 is 22.9 Å². The molecule has 0 spiro atoms. The van der Waals surface area contributed by atoms with Crippen molar-refractivity contribution in [1.82, 2.24) is 14.9 Å². The van der Waals surface area contributed by atoms with Crippen molar-refractivity contribution in [3.05, 3.63) is 64.9 Å². The molecular weight excluding hydrogens is 447 g/mol. The lowest BCUT2D eigenvalue weighted by Gasteiger charge is -2.15. The number of nitrogens with zero attached hydrogens (tertiary/aromatic N) is 3. The third-order valence-corrected chi connectivity index (χ3v) is 6.73. The van der Waals surface area contributed by atoms with Crippen molar-refractivity contribution in [3.63, 3.8) is 0 Å². The molecule has 164 valence electrons. The summed E-state index contributed by atoms with van der Waals surface area (Å²) in [6.45, 7) is 4.02. The lowest BCUT2D eigenvalue weighted by molar-refractivity contribution is 0.238. The number of likely N-dealkylation sites (tertiary alicyclic amines) is 1. The molecular formula is C24H22ClFN4OS. The molecule has 2 aromatic carbocycles. The first kappa shape index (κ1) is 21.1. The highest BCUT2D eigenvalue weighted by Crippen LogP contribution is 2.34. The molecule has 5 nitrogen and oxygen atoms in total. The lowest BCUT2D eigenvalue weighted by atomic mass is 10.1. The van der Waals surface area contributed by atoms with Crippen molar-refractivity contribution in [2.45, 2.75) is 12.8 Å². The Morgan fingerprint density at radius 3 is 2.72 bits per heavy atom. The van der Waals surface area contributed by atoms with Crippen molar-refractivity contribution in [2.75, 3.05) is 31.6 Å². The molecule has 1 N–H and O–H groups in total. The molecule has 0 unspecified atom stereocenters. The minimum Gasteiger partial charge on any atom is -0.492 e. The van der Waals surface area contributed by atoms with Crippen LogP contribution < -0.4 is 10.1 Å². The number of ether oxygens (including phenoxy) is 1. The molecule has 0 amide bonds. The van der Waals surface area contributed by atoms with E-state index in [9.17, 15) is 4.39 Å². The molecule has 1 fully saturated rings.